The van der Waals surface area contributed by atoms with Gasteiger partial charge in [0.15, 0.2) is 0 Å². The van der Waals surface area contributed by atoms with Crippen molar-refractivity contribution in [1.82, 2.24) is 0 Å². The van der Waals surface area contributed by atoms with Crippen molar-refractivity contribution < 1.29 is 14.2 Å². The van der Waals surface area contributed by atoms with Crippen LogP contribution in [0.1, 0.15) is 34.1 Å². The normalized spacial score (nSPS) is 22.9. The number of anilines is 1. The van der Waals surface area contributed by atoms with E-state index < -0.39 is 0 Å². The topological polar surface area (TPSA) is 39.7 Å². The molecule has 1 fully saturated rings. The summed E-state index contributed by atoms with van der Waals surface area (Å²) in [6.45, 7) is 8.40. The fourth-order valence-electron chi connectivity index (χ4n) is 2.95. The maximum absolute atomic E-state index is 6.22. The molecule has 1 N–H and O–H groups in total. The monoisotopic (exact) mass is 313 g/mol. The zero-order valence-corrected chi connectivity index (χ0v) is 14.3. The van der Waals surface area contributed by atoms with Crippen LogP contribution in [0.4, 0.5) is 5.69 Å². The lowest BCUT2D eigenvalue weighted by molar-refractivity contribution is -0.0662. The molecule has 21 heavy (non-hydrogen) atoms. The van der Waals surface area contributed by atoms with Gasteiger partial charge in [-0.05, 0) is 40.2 Å². The van der Waals surface area contributed by atoms with Gasteiger partial charge in [0, 0.05) is 6.07 Å². The predicted molar refractivity (Wildman–Crippen MR) is 85.8 cm³/mol. The van der Waals surface area contributed by atoms with Gasteiger partial charge in [-0.3, -0.25) is 0 Å². The third-order valence-corrected chi connectivity index (χ3v) is 4.17. The van der Waals surface area contributed by atoms with E-state index in [1.165, 1.54) is 0 Å². The second kappa shape index (κ2) is 5.58. The summed E-state index contributed by atoms with van der Waals surface area (Å²) in [5.41, 5.74) is 0.439. The average molecular weight is 314 g/mol. The van der Waals surface area contributed by atoms with Gasteiger partial charge in [-0.2, -0.15) is 0 Å². The van der Waals surface area contributed by atoms with Gasteiger partial charge >= 0.3 is 0 Å². The Kier molecular flexibility index (Phi) is 4.31. The summed E-state index contributed by atoms with van der Waals surface area (Å²) in [7, 11) is 3.22. The largest absolute Gasteiger partial charge is 0.495 e. The molecular weight excluding hydrogens is 290 g/mol. The molecule has 1 heterocycles. The van der Waals surface area contributed by atoms with E-state index in [0.717, 1.165) is 12.1 Å². The molecule has 118 valence electrons. The molecule has 1 aliphatic rings. The van der Waals surface area contributed by atoms with Crippen molar-refractivity contribution in [3.05, 3.63) is 17.2 Å². The Labute approximate surface area is 131 Å². The van der Waals surface area contributed by atoms with Crippen LogP contribution in [0, 0.1) is 0 Å². The fraction of sp³-hybridized carbons (Fsp3) is 0.625. The van der Waals surface area contributed by atoms with Crippen LogP contribution >= 0.6 is 11.6 Å². The maximum atomic E-state index is 6.22. The van der Waals surface area contributed by atoms with Crippen LogP contribution in [0.25, 0.3) is 0 Å². The number of halogens is 1. The molecule has 1 atom stereocenters. The molecule has 1 aromatic rings. The van der Waals surface area contributed by atoms with Gasteiger partial charge in [-0.25, -0.2) is 0 Å². The summed E-state index contributed by atoms with van der Waals surface area (Å²) < 4.78 is 16.8. The molecule has 0 aromatic heterocycles. The van der Waals surface area contributed by atoms with E-state index in [9.17, 15) is 0 Å². The minimum Gasteiger partial charge on any atom is -0.495 e. The van der Waals surface area contributed by atoms with Crippen molar-refractivity contribution in [2.45, 2.75) is 51.4 Å². The Balaban J connectivity index is 2.29. The van der Waals surface area contributed by atoms with E-state index >= 15 is 0 Å². The van der Waals surface area contributed by atoms with E-state index in [0.29, 0.717) is 16.5 Å². The van der Waals surface area contributed by atoms with Gasteiger partial charge in [0.2, 0.25) is 0 Å². The molecule has 0 aliphatic carbocycles. The highest BCUT2D eigenvalue weighted by Gasteiger charge is 2.46. The zero-order valence-electron chi connectivity index (χ0n) is 13.5. The molecule has 1 aliphatic heterocycles. The van der Waals surface area contributed by atoms with Gasteiger partial charge in [0.1, 0.15) is 11.5 Å². The average Bonchev–Trinajstić information content (AvgIpc) is 2.57. The second-order valence-corrected chi connectivity index (χ2v) is 6.96. The highest BCUT2D eigenvalue weighted by atomic mass is 35.5. The Morgan fingerprint density at radius 3 is 2.24 bits per heavy atom. The molecule has 0 amide bonds. The fourth-order valence-corrected chi connectivity index (χ4v) is 3.19. The molecule has 0 radical (unpaired) electrons. The van der Waals surface area contributed by atoms with Crippen molar-refractivity contribution in [3.63, 3.8) is 0 Å². The minimum atomic E-state index is -0.263. The molecular formula is C16H24ClNO3. The van der Waals surface area contributed by atoms with E-state index in [2.05, 4.69) is 33.0 Å². The van der Waals surface area contributed by atoms with E-state index in [-0.39, 0.29) is 17.2 Å². The highest BCUT2D eigenvalue weighted by Crippen LogP contribution is 2.42. The van der Waals surface area contributed by atoms with Crippen molar-refractivity contribution in [1.29, 1.82) is 0 Å². The number of nitrogens with one attached hydrogen (secondary N) is 1. The lowest BCUT2D eigenvalue weighted by Gasteiger charge is -2.29. The molecule has 4 nitrogen and oxygen atoms in total. The van der Waals surface area contributed by atoms with Gasteiger partial charge in [0.05, 0.1) is 42.2 Å². The standard InChI is InChI=1S/C16H24ClNO3/c1-15(2)9-14(16(3,4)21-15)18-11-7-10(17)12(19-5)8-13(11)20-6/h7-8,14,18H,9H2,1-6H3. The van der Waals surface area contributed by atoms with Crippen molar-refractivity contribution in [2.24, 2.45) is 0 Å². The second-order valence-electron chi connectivity index (χ2n) is 6.55. The number of rotatable bonds is 4. The van der Waals surface area contributed by atoms with Crippen molar-refractivity contribution in [3.8, 4) is 11.5 Å². The van der Waals surface area contributed by atoms with Crippen LogP contribution in [-0.2, 0) is 4.74 Å². The summed E-state index contributed by atoms with van der Waals surface area (Å²) in [6, 6.07) is 3.80. The molecule has 0 bridgehead atoms. The van der Waals surface area contributed by atoms with Crippen molar-refractivity contribution in [2.75, 3.05) is 19.5 Å². The Bertz CT molecular complexity index is 528. The van der Waals surface area contributed by atoms with Crippen LogP contribution in [0.5, 0.6) is 11.5 Å². The van der Waals surface area contributed by atoms with Crippen LogP contribution in [-0.4, -0.2) is 31.5 Å². The molecule has 2 rings (SSSR count). The smallest absolute Gasteiger partial charge is 0.145 e. The first kappa shape index (κ1) is 16.2. The number of hydrogen-bond acceptors (Lipinski definition) is 4. The summed E-state index contributed by atoms with van der Waals surface area (Å²) in [6.07, 6.45) is 0.910. The van der Waals surface area contributed by atoms with Crippen LogP contribution < -0.4 is 14.8 Å². The van der Waals surface area contributed by atoms with Gasteiger partial charge in [0.25, 0.3) is 0 Å². The van der Waals surface area contributed by atoms with E-state index in [1.807, 2.05) is 6.07 Å². The number of hydrogen-bond donors (Lipinski definition) is 1. The van der Waals surface area contributed by atoms with Gasteiger partial charge in [-0.1, -0.05) is 11.6 Å². The Morgan fingerprint density at radius 2 is 1.76 bits per heavy atom. The highest BCUT2D eigenvalue weighted by molar-refractivity contribution is 6.32. The maximum Gasteiger partial charge on any atom is 0.145 e. The van der Waals surface area contributed by atoms with E-state index in [1.54, 1.807) is 20.3 Å². The van der Waals surface area contributed by atoms with E-state index in [4.69, 9.17) is 25.8 Å². The summed E-state index contributed by atoms with van der Waals surface area (Å²) in [5.74, 6) is 1.30. The number of ether oxygens (including phenoxy) is 3. The molecule has 1 aromatic carbocycles. The number of methoxy groups -OCH3 is 2. The number of benzene rings is 1. The first-order valence-electron chi connectivity index (χ1n) is 7.07. The molecule has 0 spiro atoms. The third kappa shape index (κ3) is 3.38. The predicted octanol–water partition coefficient (Wildman–Crippen LogP) is 4.12. The summed E-state index contributed by atoms with van der Waals surface area (Å²) >= 11 is 6.22. The van der Waals surface area contributed by atoms with Gasteiger partial charge < -0.3 is 19.5 Å². The lowest BCUT2D eigenvalue weighted by Crippen LogP contribution is -2.38. The SMILES string of the molecule is COc1cc(OC)c(NC2CC(C)(C)OC2(C)C)cc1Cl. The summed E-state index contributed by atoms with van der Waals surface area (Å²) in [4.78, 5) is 0. The summed E-state index contributed by atoms with van der Waals surface area (Å²) in [5, 5.41) is 4.06. The minimum absolute atomic E-state index is 0.148. The van der Waals surface area contributed by atoms with Gasteiger partial charge in [-0.15, -0.1) is 0 Å². The van der Waals surface area contributed by atoms with Crippen molar-refractivity contribution >= 4 is 17.3 Å². The molecule has 1 unspecified atom stereocenters. The quantitative estimate of drug-likeness (QED) is 0.908. The van der Waals surface area contributed by atoms with Crippen LogP contribution in [0.3, 0.4) is 0 Å². The van der Waals surface area contributed by atoms with Crippen LogP contribution in [0.2, 0.25) is 5.02 Å². The molecule has 1 saturated heterocycles. The third-order valence-electron chi connectivity index (χ3n) is 3.88. The first-order chi connectivity index (χ1) is 9.68. The molecule has 0 saturated carbocycles. The Morgan fingerprint density at radius 1 is 1.14 bits per heavy atom. The molecule has 5 heteroatoms. The van der Waals surface area contributed by atoms with Crippen LogP contribution in [0.15, 0.2) is 12.1 Å². The first-order valence-corrected chi connectivity index (χ1v) is 7.44. The lowest BCUT2D eigenvalue weighted by atomic mass is 9.94. The Hall–Kier alpha value is -1.13. The zero-order chi connectivity index (χ0) is 15.8.